The van der Waals surface area contributed by atoms with Gasteiger partial charge in [0.2, 0.25) is 11.8 Å². The number of nitrogens with one attached hydrogen (secondary N) is 1. The SMILES string of the molecule is CCCCNC(=O)[C@H](Cc1ccccc1)N(Cc1ccc(C)cc1)C(=O)Cc1ccc(C)cc1. The van der Waals surface area contributed by atoms with Gasteiger partial charge >= 0.3 is 0 Å². The average molecular weight is 457 g/mol. The zero-order valence-corrected chi connectivity index (χ0v) is 20.6. The van der Waals surface area contributed by atoms with Gasteiger partial charge in [-0.1, -0.05) is 103 Å². The third-order valence-electron chi connectivity index (χ3n) is 6.05. The molecule has 3 aromatic carbocycles. The van der Waals surface area contributed by atoms with E-state index in [-0.39, 0.29) is 18.2 Å². The minimum absolute atomic E-state index is 0.0454. The molecule has 1 atom stereocenters. The van der Waals surface area contributed by atoms with E-state index in [0.717, 1.165) is 35.1 Å². The highest BCUT2D eigenvalue weighted by Crippen LogP contribution is 2.17. The van der Waals surface area contributed by atoms with Crippen molar-refractivity contribution in [3.63, 3.8) is 0 Å². The average Bonchev–Trinajstić information content (AvgIpc) is 2.84. The van der Waals surface area contributed by atoms with Crippen LogP contribution in [0.2, 0.25) is 0 Å². The van der Waals surface area contributed by atoms with Crippen LogP contribution >= 0.6 is 0 Å². The Kier molecular flexibility index (Phi) is 9.45. The van der Waals surface area contributed by atoms with Crippen molar-refractivity contribution in [2.75, 3.05) is 6.54 Å². The molecule has 178 valence electrons. The second-order valence-corrected chi connectivity index (χ2v) is 9.02. The summed E-state index contributed by atoms with van der Waals surface area (Å²) in [4.78, 5) is 28.8. The van der Waals surface area contributed by atoms with E-state index in [9.17, 15) is 9.59 Å². The summed E-state index contributed by atoms with van der Waals surface area (Å²) < 4.78 is 0. The predicted octanol–water partition coefficient (Wildman–Crippen LogP) is 5.40. The van der Waals surface area contributed by atoms with E-state index >= 15 is 0 Å². The second kappa shape index (κ2) is 12.7. The number of hydrogen-bond acceptors (Lipinski definition) is 2. The summed E-state index contributed by atoms with van der Waals surface area (Å²) in [6.45, 7) is 7.19. The standard InChI is InChI=1S/C30H36N2O2/c1-4-5-19-31-30(34)28(20-25-9-7-6-8-10-25)32(22-27-17-13-24(3)14-18-27)29(33)21-26-15-11-23(2)12-16-26/h6-18,28H,4-5,19-22H2,1-3H3,(H,31,34)/t28-/m0/s1. The molecule has 0 saturated heterocycles. The van der Waals surface area contributed by atoms with Crippen LogP contribution in [-0.4, -0.2) is 29.3 Å². The largest absolute Gasteiger partial charge is 0.354 e. The Balaban J connectivity index is 1.92. The number of carbonyl (C=O) groups is 2. The summed E-state index contributed by atoms with van der Waals surface area (Å²) in [5.74, 6) is -0.141. The van der Waals surface area contributed by atoms with E-state index in [0.29, 0.717) is 19.5 Å². The molecule has 0 spiro atoms. The van der Waals surface area contributed by atoms with Gasteiger partial charge in [0.05, 0.1) is 6.42 Å². The quantitative estimate of drug-likeness (QED) is 0.393. The molecule has 3 aromatic rings. The van der Waals surface area contributed by atoms with Crippen LogP contribution in [0.4, 0.5) is 0 Å². The van der Waals surface area contributed by atoms with Crippen molar-refractivity contribution in [1.82, 2.24) is 10.2 Å². The molecular weight excluding hydrogens is 420 g/mol. The summed E-state index contributed by atoms with van der Waals surface area (Å²) in [5, 5.41) is 3.07. The van der Waals surface area contributed by atoms with Crippen LogP contribution in [0.15, 0.2) is 78.9 Å². The molecule has 34 heavy (non-hydrogen) atoms. The first-order valence-electron chi connectivity index (χ1n) is 12.2. The number of unbranched alkanes of at least 4 members (excludes halogenated alkanes) is 1. The van der Waals surface area contributed by atoms with E-state index in [2.05, 4.69) is 12.2 Å². The van der Waals surface area contributed by atoms with Crippen molar-refractivity contribution in [2.24, 2.45) is 0 Å². The molecule has 0 radical (unpaired) electrons. The Morgan fingerprint density at radius 2 is 1.38 bits per heavy atom. The number of nitrogens with zero attached hydrogens (tertiary/aromatic N) is 1. The third-order valence-corrected chi connectivity index (χ3v) is 6.05. The van der Waals surface area contributed by atoms with Crippen molar-refractivity contribution in [3.8, 4) is 0 Å². The van der Waals surface area contributed by atoms with Crippen LogP contribution < -0.4 is 5.32 Å². The maximum atomic E-state index is 13.7. The van der Waals surface area contributed by atoms with E-state index in [1.807, 2.05) is 92.7 Å². The molecule has 0 unspecified atom stereocenters. The van der Waals surface area contributed by atoms with Gasteiger partial charge in [0.15, 0.2) is 0 Å². The summed E-state index contributed by atoms with van der Waals surface area (Å²) in [7, 11) is 0. The molecule has 0 saturated carbocycles. The summed E-state index contributed by atoms with van der Waals surface area (Å²) in [6, 6.07) is 25.5. The number of hydrogen-bond donors (Lipinski definition) is 1. The van der Waals surface area contributed by atoms with Gasteiger partial charge < -0.3 is 10.2 Å². The first-order chi connectivity index (χ1) is 16.5. The maximum absolute atomic E-state index is 13.7. The van der Waals surface area contributed by atoms with Gasteiger partial charge in [-0.3, -0.25) is 9.59 Å². The molecule has 3 rings (SSSR count). The first-order valence-corrected chi connectivity index (χ1v) is 12.2. The Bertz CT molecular complexity index is 1040. The van der Waals surface area contributed by atoms with Crippen molar-refractivity contribution in [1.29, 1.82) is 0 Å². The van der Waals surface area contributed by atoms with Gasteiger partial charge in [-0.15, -0.1) is 0 Å². The fourth-order valence-electron chi connectivity index (χ4n) is 3.93. The molecule has 1 N–H and O–H groups in total. The molecular formula is C30H36N2O2. The number of carbonyl (C=O) groups excluding carboxylic acids is 2. The Morgan fingerprint density at radius 1 is 0.794 bits per heavy atom. The lowest BCUT2D eigenvalue weighted by atomic mass is 10.0. The molecule has 0 aliphatic carbocycles. The van der Waals surface area contributed by atoms with Crippen molar-refractivity contribution in [2.45, 2.75) is 59.0 Å². The number of rotatable bonds is 11. The number of aryl methyl sites for hydroxylation is 2. The van der Waals surface area contributed by atoms with Crippen molar-refractivity contribution in [3.05, 3.63) is 107 Å². The van der Waals surface area contributed by atoms with Crippen LogP contribution in [0, 0.1) is 13.8 Å². The first kappa shape index (κ1) is 25.2. The normalized spacial score (nSPS) is 11.6. The van der Waals surface area contributed by atoms with Crippen molar-refractivity contribution < 1.29 is 9.59 Å². The molecule has 4 heteroatoms. The number of amides is 2. The van der Waals surface area contributed by atoms with Gasteiger partial charge in [0, 0.05) is 19.5 Å². The number of benzene rings is 3. The van der Waals surface area contributed by atoms with Crippen LogP contribution in [0.1, 0.15) is 47.6 Å². The zero-order valence-electron chi connectivity index (χ0n) is 20.6. The summed E-state index contributed by atoms with van der Waals surface area (Å²) in [6.07, 6.45) is 2.66. The maximum Gasteiger partial charge on any atom is 0.243 e. The fourth-order valence-corrected chi connectivity index (χ4v) is 3.93. The molecule has 0 aliphatic heterocycles. The minimum Gasteiger partial charge on any atom is -0.354 e. The fraction of sp³-hybridized carbons (Fsp3) is 0.333. The van der Waals surface area contributed by atoms with Gasteiger partial charge in [0.1, 0.15) is 6.04 Å². The summed E-state index contributed by atoms with van der Waals surface area (Å²) in [5.41, 5.74) is 5.33. The highest BCUT2D eigenvalue weighted by Gasteiger charge is 2.30. The topological polar surface area (TPSA) is 49.4 Å². The van der Waals surface area contributed by atoms with Gasteiger partial charge in [-0.05, 0) is 37.0 Å². The van der Waals surface area contributed by atoms with E-state index in [4.69, 9.17) is 0 Å². The molecule has 0 bridgehead atoms. The lowest BCUT2D eigenvalue weighted by Crippen LogP contribution is -2.51. The molecule has 2 amide bonds. The van der Waals surface area contributed by atoms with Crippen LogP contribution in [0.5, 0.6) is 0 Å². The molecule has 0 heterocycles. The highest BCUT2D eigenvalue weighted by atomic mass is 16.2. The Hall–Kier alpha value is -3.40. The monoisotopic (exact) mass is 456 g/mol. The highest BCUT2D eigenvalue weighted by molar-refractivity contribution is 5.88. The minimum atomic E-state index is -0.585. The van der Waals surface area contributed by atoms with E-state index in [1.54, 1.807) is 4.90 Å². The molecule has 0 aliphatic rings. The molecule has 0 fully saturated rings. The smallest absolute Gasteiger partial charge is 0.243 e. The lowest BCUT2D eigenvalue weighted by Gasteiger charge is -2.32. The molecule has 4 nitrogen and oxygen atoms in total. The van der Waals surface area contributed by atoms with Gasteiger partial charge in [-0.25, -0.2) is 0 Å². The van der Waals surface area contributed by atoms with E-state index < -0.39 is 6.04 Å². The predicted molar refractivity (Wildman–Crippen MR) is 138 cm³/mol. The summed E-state index contributed by atoms with van der Waals surface area (Å²) >= 11 is 0. The van der Waals surface area contributed by atoms with E-state index in [1.165, 1.54) is 5.56 Å². The Morgan fingerprint density at radius 3 is 1.97 bits per heavy atom. The van der Waals surface area contributed by atoms with Gasteiger partial charge in [0.25, 0.3) is 0 Å². The van der Waals surface area contributed by atoms with Crippen LogP contribution in [-0.2, 0) is 29.0 Å². The second-order valence-electron chi connectivity index (χ2n) is 9.02. The van der Waals surface area contributed by atoms with Crippen LogP contribution in [0.3, 0.4) is 0 Å². The van der Waals surface area contributed by atoms with Crippen molar-refractivity contribution >= 4 is 11.8 Å². The van der Waals surface area contributed by atoms with Gasteiger partial charge in [-0.2, -0.15) is 0 Å². The molecule has 0 aromatic heterocycles. The lowest BCUT2D eigenvalue weighted by molar-refractivity contribution is -0.140. The Labute approximate surface area is 204 Å². The third kappa shape index (κ3) is 7.58. The zero-order chi connectivity index (χ0) is 24.3. The van der Waals surface area contributed by atoms with Crippen LogP contribution in [0.25, 0.3) is 0 Å².